The fourth-order valence-corrected chi connectivity index (χ4v) is 3.09. The molecule has 2 rings (SSSR count). The highest BCUT2D eigenvalue weighted by atomic mass is 32.1. The summed E-state index contributed by atoms with van der Waals surface area (Å²) < 4.78 is 2.16. The minimum absolute atomic E-state index is 0.398. The molecule has 2 aromatic heterocycles. The van der Waals surface area contributed by atoms with Gasteiger partial charge in [-0.25, -0.2) is 4.98 Å². The van der Waals surface area contributed by atoms with Gasteiger partial charge in [-0.1, -0.05) is 0 Å². The first-order valence-electron chi connectivity index (χ1n) is 6.44. The molecule has 0 aliphatic rings. The van der Waals surface area contributed by atoms with Crippen molar-refractivity contribution in [3.63, 3.8) is 0 Å². The van der Waals surface area contributed by atoms with Gasteiger partial charge in [0.15, 0.2) is 0 Å². The second-order valence-electron chi connectivity index (χ2n) is 4.75. The van der Waals surface area contributed by atoms with E-state index in [4.69, 9.17) is 0 Å². The van der Waals surface area contributed by atoms with E-state index in [0.29, 0.717) is 6.04 Å². The lowest BCUT2D eigenvalue weighted by Gasteiger charge is -2.14. The highest BCUT2D eigenvalue weighted by molar-refractivity contribution is 7.11. The van der Waals surface area contributed by atoms with Crippen molar-refractivity contribution in [2.45, 2.75) is 46.7 Å². The van der Waals surface area contributed by atoms with Crippen molar-refractivity contribution in [3.8, 4) is 0 Å². The number of nitrogens with one attached hydrogen (secondary N) is 1. The summed E-state index contributed by atoms with van der Waals surface area (Å²) in [6, 6.07) is 4.80. The van der Waals surface area contributed by atoms with Crippen LogP contribution in [-0.2, 0) is 13.0 Å². The summed E-state index contributed by atoms with van der Waals surface area (Å²) in [6.45, 7) is 9.48. The van der Waals surface area contributed by atoms with Gasteiger partial charge >= 0.3 is 0 Å². The Morgan fingerprint density at radius 2 is 2.17 bits per heavy atom. The molecular weight excluding hydrogens is 242 g/mol. The molecule has 0 fully saturated rings. The van der Waals surface area contributed by atoms with E-state index in [0.717, 1.165) is 24.6 Å². The maximum Gasteiger partial charge on any atom is 0.203 e. The van der Waals surface area contributed by atoms with E-state index in [2.05, 4.69) is 54.0 Å². The lowest BCUT2D eigenvalue weighted by molar-refractivity contribution is 0.726. The van der Waals surface area contributed by atoms with Crippen LogP contribution in [0.3, 0.4) is 0 Å². The molecule has 98 valence electrons. The summed E-state index contributed by atoms with van der Waals surface area (Å²) in [7, 11) is 0. The van der Waals surface area contributed by atoms with Gasteiger partial charge in [0, 0.05) is 35.0 Å². The molecule has 1 N–H and O–H groups in total. The molecule has 4 heteroatoms. The topological polar surface area (TPSA) is 29.9 Å². The van der Waals surface area contributed by atoms with Crippen molar-refractivity contribution in [1.82, 2.24) is 9.55 Å². The molecule has 0 bridgehead atoms. The SMILES string of the molecule is CCn1cc(C)nc1NC(C)Cc1ccc(C)s1. The van der Waals surface area contributed by atoms with Crippen LogP contribution in [0.25, 0.3) is 0 Å². The Kier molecular flexibility index (Phi) is 4.07. The van der Waals surface area contributed by atoms with Gasteiger partial charge in [0.05, 0.1) is 5.69 Å². The van der Waals surface area contributed by atoms with Gasteiger partial charge in [0.25, 0.3) is 0 Å². The Morgan fingerprint density at radius 1 is 1.39 bits per heavy atom. The molecule has 2 aromatic rings. The molecule has 2 heterocycles. The first-order valence-corrected chi connectivity index (χ1v) is 7.25. The average molecular weight is 263 g/mol. The van der Waals surface area contributed by atoms with E-state index in [1.165, 1.54) is 9.75 Å². The van der Waals surface area contributed by atoms with Gasteiger partial charge in [-0.2, -0.15) is 0 Å². The van der Waals surface area contributed by atoms with E-state index in [9.17, 15) is 0 Å². The summed E-state index contributed by atoms with van der Waals surface area (Å²) in [6.07, 6.45) is 3.14. The zero-order valence-electron chi connectivity index (χ0n) is 11.5. The summed E-state index contributed by atoms with van der Waals surface area (Å²) in [5, 5.41) is 3.50. The van der Waals surface area contributed by atoms with Crippen LogP contribution in [0.2, 0.25) is 0 Å². The maximum atomic E-state index is 4.52. The third-order valence-electron chi connectivity index (χ3n) is 2.92. The van der Waals surface area contributed by atoms with Gasteiger partial charge in [-0.3, -0.25) is 0 Å². The zero-order valence-corrected chi connectivity index (χ0v) is 12.3. The van der Waals surface area contributed by atoms with Crippen molar-refractivity contribution in [2.75, 3.05) is 5.32 Å². The largest absolute Gasteiger partial charge is 0.353 e. The molecule has 0 radical (unpaired) electrons. The standard InChI is InChI=1S/C14H21N3S/c1-5-17-9-11(3)16-14(17)15-10(2)8-13-7-6-12(4)18-13/h6-7,9-10H,5,8H2,1-4H3,(H,15,16). The molecule has 0 aromatic carbocycles. The number of thiophene rings is 1. The van der Waals surface area contributed by atoms with Crippen molar-refractivity contribution >= 4 is 17.3 Å². The zero-order chi connectivity index (χ0) is 13.1. The van der Waals surface area contributed by atoms with E-state index in [-0.39, 0.29) is 0 Å². The number of anilines is 1. The highest BCUT2D eigenvalue weighted by Gasteiger charge is 2.09. The Bertz CT molecular complexity index is 513. The van der Waals surface area contributed by atoms with Crippen LogP contribution in [0, 0.1) is 13.8 Å². The van der Waals surface area contributed by atoms with Crippen molar-refractivity contribution in [3.05, 3.63) is 33.8 Å². The molecule has 0 aliphatic heterocycles. The quantitative estimate of drug-likeness (QED) is 0.893. The molecular formula is C14H21N3S. The first kappa shape index (κ1) is 13.1. The van der Waals surface area contributed by atoms with Crippen LogP contribution in [0.1, 0.15) is 29.3 Å². The van der Waals surface area contributed by atoms with Gasteiger partial charge in [0.1, 0.15) is 0 Å². The summed E-state index contributed by atoms with van der Waals surface area (Å²) in [5.74, 6) is 0.982. The lowest BCUT2D eigenvalue weighted by atomic mass is 10.2. The first-order chi connectivity index (χ1) is 8.58. The van der Waals surface area contributed by atoms with Crippen LogP contribution in [0.5, 0.6) is 0 Å². The molecule has 1 unspecified atom stereocenters. The smallest absolute Gasteiger partial charge is 0.203 e. The third-order valence-corrected chi connectivity index (χ3v) is 3.94. The number of nitrogens with zero attached hydrogens (tertiary/aromatic N) is 2. The van der Waals surface area contributed by atoms with E-state index < -0.39 is 0 Å². The van der Waals surface area contributed by atoms with Gasteiger partial charge in [-0.05, 0) is 39.8 Å². The Balaban J connectivity index is 2.00. The monoisotopic (exact) mass is 263 g/mol. The van der Waals surface area contributed by atoms with Crippen LogP contribution in [0.15, 0.2) is 18.3 Å². The molecule has 1 atom stereocenters. The van der Waals surface area contributed by atoms with Crippen LogP contribution in [0.4, 0.5) is 5.95 Å². The number of hydrogen-bond acceptors (Lipinski definition) is 3. The molecule has 0 saturated carbocycles. The number of rotatable bonds is 5. The molecule has 18 heavy (non-hydrogen) atoms. The summed E-state index contributed by atoms with van der Waals surface area (Å²) in [5.41, 5.74) is 1.07. The third kappa shape index (κ3) is 3.13. The van der Waals surface area contributed by atoms with Crippen LogP contribution in [-0.4, -0.2) is 15.6 Å². The average Bonchev–Trinajstić information content (AvgIpc) is 2.85. The Morgan fingerprint density at radius 3 is 2.78 bits per heavy atom. The summed E-state index contributed by atoms with van der Waals surface area (Å²) in [4.78, 5) is 7.33. The van der Waals surface area contributed by atoms with Crippen molar-refractivity contribution < 1.29 is 0 Å². The number of aryl methyl sites for hydroxylation is 3. The minimum atomic E-state index is 0.398. The van der Waals surface area contributed by atoms with Crippen LogP contribution < -0.4 is 5.32 Å². The van der Waals surface area contributed by atoms with Crippen LogP contribution >= 0.6 is 11.3 Å². The van der Waals surface area contributed by atoms with Gasteiger partial charge in [0.2, 0.25) is 5.95 Å². The van der Waals surface area contributed by atoms with E-state index in [1.807, 2.05) is 18.3 Å². The normalized spacial score (nSPS) is 12.7. The fourth-order valence-electron chi connectivity index (χ4n) is 2.07. The lowest BCUT2D eigenvalue weighted by Crippen LogP contribution is -2.20. The molecule has 3 nitrogen and oxygen atoms in total. The van der Waals surface area contributed by atoms with E-state index >= 15 is 0 Å². The molecule has 0 saturated heterocycles. The molecule has 0 amide bonds. The fraction of sp³-hybridized carbons (Fsp3) is 0.500. The van der Waals surface area contributed by atoms with E-state index in [1.54, 1.807) is 0 Å². The maximum absolute atomic E-state index is 4.52. The molecule has 0 spiro atoms. The predicted molar refractivity (Wildman–Crippen MR) is 78.5 cm³/mol. The number of hydrogen-bond donors (Lipinski definition) is 1. The van der Waals surface area contributed by atoms with Gasteiger partial charge < -0.3 is 9.88 Å². The molecule has 0 aliphatic carbocycles. The Hall–Kier alpha value is -1.29. The van der Waals surface area contributed by atoms with Gasteiger partial charge in [-0.15, -0.1) is 11.3 Å². The second-order valence-corrected chi connectivity index (χ2v) is 6.13. The Labute approximate surface area is 113 Å². The van der Waals surface area contributed by atoms with Crippen molar-refractivity contribution in [1.29, 1.82) is 0 Å². The number of imidazole rings is 1. The highest BCUT2D eigenvalue weighted by Crippen LogP contribution is 2.18. The minimum Gasteiger partial charge on any atom is -0.353 e. The second kappa shape index (κ2) is 5.57. The predicted octanol–water partition coefficient (Wildman–Crippen LogP) is 3.62. The summed E-state index contributed by atoms with van der Waals surface area (Å²) >= 11 is 1.87. The number of aromatic nitrogens is 2. The van der Waals surface area contributed by atoms with Crippen molar-refractivity contribution in [2.24, 2.45) is 0 Å².